The number of benzene rings is 2. The van der Waals surface area contributed by atoms with Gasteiger partial charge < -0.3 is 15.0 Å². The molecule has 0 aromatic heterocycles. The molecule has 1 N–H and O–H groups in total. The van der Waals surface area contributed by atoms with Gasteiger partial charge >= 0.3 is 6.18 Å². The molecule has 1 amide bonds. The van der Waals surface area contributed by atoms with E-state index in [1.807, 2.05) is 4.90 Å². The van der Waals surface area contributed by atoms with E-state index in [9.17, 15) is 18.0 Å². The van der Waals surface area contributed by atoms with Crippen LogP contribution in [0.5, 0.6) is 5.75 Å². The van der Waals surface area contributed by atoms with Gasteiger partial charge in [-0.05, 0) is 43.2 Å². The van der Waals surface area contributed by atoms with Crippen LogP contribution in [0.2, 0.25) is 10.0 Å². The lowest BCUT2D eigenvalue weighted by atomic mass is 10.1. The van der Waals surface area contributed by atoms with Gasteiger partial charge in [-0.1, -0.05) is 23.2 Å². The first-order valence-electron chi connectivity index (χ1n) is 8.51. The average Bonchev–Trinajstić information content (AvgIpc) is 3.15. The van der Waals surface area contributed by atoms with Crippen molar-refractivity contribution in [2.75, 3.05) is 30.4 Å². The molecule has 0 atom stereocenters. The smallest absolute Gasteiger partial charge is 0.416 e. The first kappa shape index (κ1) is 20.6. The minimum Gasteiger partial charge on any atom is -0.494 e. The molecule has 1 aliphatic rings. The van der Waals surface area contributed by atoms with Crippen molar-refractivity contribution in [3.63, 3.8) is 0 Å². The molecule has 0 unspecified atom stereocenters. The third kappa shape index (κ3) is 4.31. The number of rotatable bonds is 4. The maximum atomic E-state index is 13.2. The van der Waals surface area contributed by atoms with Gasteiger partial charge in [-0.3, -0.25) is 4.79 Å². The van der Waals surface area contributed by atoms with Crippen LogP contribution in [-0.2, 0) is 6.18 Å². The zero-order chi connectivity index (χ0) is 20.5. The Morgan fingerprint density at radius 3 is 2.25 bits per heavy atom. The van der Waals surface area contributed by atoms with E-state index in [4.69, 9.17) is 27.9 Å². The molecule has 0 saturated carbocycles. The van der Waals surface area contributed by atoms with E-state index in [0.717, 1.165) is 25.0 Å². The maximum absolute atomic E-state index is 13.2. The number of alkyl halides is 3. The second-order valence-electron chi connectivity index (χ2n) is 6.35. The van der Waals surface area contributed by atoms with Crippen molar-refractivity contribution in [1.82, 2.24) is 0 Å². The molecule has 9 heteroatoms. The fourth-order valence-electron chi connectivity index (χ4n) is 3.13. The van der Waals surface area contributed by atoms with Gasteiger partial charge in [-0.2, -0.15) is 13.2 Å². The molecule has 150 valence electrons. The van der Waals surface area contributed by atoms with Crippen molar-refractivity contribution in [3.8, 4) is 5.75 Å². The summed E-state index contributed by atoms with van der Waals surface area (Å²) in [5.41, 5.74) is -0.0912. The monoisotopic (exact) mass is 432 g/mol. The third-order valence-electron chi connectivity index (χ3n) is 4.48. The van der Waals surface area contributed by atoms with Crippen LogP contribution in [0.1, 0.15) is 28.8 Å². The summed E-state index contributed by atoms with van der Waals surface area (Å²) in [6.45, 7) is 1.43. The number of amides is 1. The summed E-state index contributed by atoms with van der Waals surface area (Å²) in [4.78, 5) is 14.6. The minimum absolute atomic E-state index is 0.0878. The summed E-state index contributed by atoms with van der Waals surface area (Å²) in [6, 6.07) is 6.05. The highest BCUT2D eigenvalue weighted by atomic mass is 35.5. The van der Waals surface area contributed by atoms with Crippen LogP contribution < -0.4 is 15.0 Å². The number of nitrogens with zero attached hydrogens (tertiary/aromatic N) is 1. The highest BCUT2D eigenvalue weighted by Crippen LogP contribution is 2.38. The van der Waals surface area contributed by atoms with Gasteiger partial charge in [-0.15, -0.1) is 0 Å². The number of anilines is 2. The molecule has 0 spiro atoms. The lowest BCUT2D eigenvalue weighted by Crippen LogP contribution is -2.22. The lowest BCUT2D eigenvalue weighted by molar-refractivity contribution is -0.137. The normalized spacial score (nSPS) is 14.3. The Morgan fingerprint density at radius 2 is 1.71 bits per heavy atom. The van der Waals surface area contributed by atoms with Gasteiger partial charge in [0.15, 0.2) is 5.75 Å². The first-order valence-corrected chi connectivity index (χ1v) is 9.27. The standard InChI is InChI=1S/C19H17Cl2F3N2O2/c1-28-17-13(20)8-11(9-14(17)21)18(27)25-15-10-12(19(22,23)24)4-5-16(15)26-6-2-3-7-26/h4-5,8-10H,2-3,6-7H2,1H3,(H,25,27). The number of ether oxygens (including phenoxy) is 1. The molecule has 1 fully saturated rings. The van der Waals surface area contributed by atoms with Crippen molar-refractivity contribution in [3.05, 3.63) is 51.5 Å². The van der Waals surface area contributed by atoms with E-state index in [-0.39, 0.29) is 27.0 Å². The van der Waals surface area contributed by atoms with Crippen LogP contribution in [-0.4, -0.2) is 26.1 Å². The molecule has 28 heavy (non-hydrogen) atoms. The molecule has 2 aromatic carbocycles. The Morgan fingerprint density at radius 1 is 1.11 bits per heavy atom. The fourth-order valence-corrected chi connectivity index (χ4v) is 3.77. The minimum atomic E-state index is -4.52. The average molecular weight is 433 g/mol. The number of carbonyl (C=O) groups is 1. The predicted octanol–water partition coefficient (Wildman–Crippen LogP) is 5.87. The first-order chi connectivity index (χ1) is 13.2. The summed E-state index contributed by atoms with van der Waals surface area (Å²) in [5, 5.41) is 2.83. The van der Waals surface area contributed by atoms with Gasteiger partial charge in [0.25, 0.3) is 5.91 Å². The molecule has 1 heterocycles. The highest BCUT2D eigenvalue weighted by molar-refractivity contribution is 6.37. The van der Waals surface area contributed by atoms with Crippen molar-refractivity contribution < 1.29 is 22.7 Å². The van der Waals surface area contributed by atoms with Gasteiger partial charge in [0.1, 0.15) is 0 Å². The molecule has 1 aliphatic heterocycles. The molecule has 0 bridgehead atoms. The van der Waals surface area contributed by atoms with Crippen molar-refractivity contribution in [2.45, 2.75) is 19.0 Å². The van der Waals surface area contributed by atoms with E-state index in [1.165, 1.54) is 25.3 Å². The van der Waals surface area contributed by atoms with E-state index in [2.05, 4.69) is 5.32 Å². The summed E-state index contributed by atoms with van der Waals surface area (Å²) in [5.74, 6) is -0.400. The van der Waals surface area contributed by atoms with Crippen molar-refractivity contribution >= 4 is 40.5 Å². The highest BCUT2D eigenvalue weighted by Gasteiger charge is 2.32. The predicted molar refractivity (Wildman–Crippen MR) is 104 cm³/mol. The van der Waals surface area contributed by atoms with E-state index >= 15 is 0 Å². The summed E-state index contributed by atoms with van der Waals surface area (Å²) >= 11 is 12.1. The number of halogens is 5. The van der Waals surface area contributed by atoms with E-state index < -0.39 is 17.6 Å². The topological polar surface area (TPSA) is 41.6 Å². The zero-order valence-electron chi connectivity index (χ0n) is 14.9. The van der Waals surface area contributed by atoms with Crippen LogP contribution >= 0.6 is 23.2 Å². The van der Waals surface area contributed by atoms with Gasteiger partial charge in [0.2, 0.25) is 0 Å². The second kappa shape index (κ2) is 8.09. The van der Waals surface area contributed by atoms with Crippen molar-refractivity contribution in [2.24, 2.45) is 0 Å². The summed E-state index contributed by atoms with van der Waals surface area (Å²) in [7, 11) is 1.39. The van der Waals surface area contributed by atoms with Gasteiger partial charge in [0, 0.05) is 18.7 Å². The van der Waals surface area contributed by atoms with Crippen LogP contribution in [0, 0.1) is 0 Å². The number of carbonyl (C=O) groups excluding carboxylic acids is 1. The molecule has 2 aromatic rings. The number of nitrogens with one attached hydrogen (secondary N) is 1. The zero-order valence-corrected chi connectivity index (χ0v) is 16.4. The van der Waals surface area contributed by atoms with Crippen LogP contribution in [0.15, 0.2) is 30.3 Å². The maximum Gasteiger partial charge on any atom is 0.416 e. The van der Waals surface area contributed by atoms with E-state index in [1.54, 1.807) is 0 Å². The van der Waals surface area contributed by atoms with Crippen LogP contribution in [0.4, 0.5) is 24.5 Å². The molecule has 0 aliphatic carbocycles. The van der Waals surface area contributed by atoms with Gasteiger partial charge in [0.05, 0.1) is 34.1 Å². The Labute approximate surface area is 170 Å². The summed E-state index contributed by atoms with van der Waals surface area (Å²) in [6.07, 6.45) is -2.63. The number of hydrogen-bond acceptors (Lipinski definition) is 3. The van der Waals surface area contributed by atoms with E-state index in [0.29, 0.717) is 18.8 Å². The fraction of sp³-hybridized carbons (Fsp3) is 0.316. The van der Waals surface area contributed by atoms with Crippen molar-refractivity contribution in [1.29, 1.82) is 0 Å². The molecule has 1 saturated heterocycles. The molecule has 0 radical (unpaired) electrons. The SMILES string of the molecule is COc1c(Cl)cc(C(=O)Nc2cc(C(F)(F)F)ccc2N2CCCC2)cc1Cl. The van der Waals surface area contributed by atoms with Crippen LogP contribution in [0.25, 0.3) is 0 Å². The molecular weight excluding hydrogens is 416 g/mol. The third-order valence-corrected chi connectivity index (χ3v) is 5.04. The van der Waals surface area contributed by atoms with Crippen LogP contribution in [0.3, 0.4) is 0 Å². The lowest BCUT2D eigenvalue weighted by Gasteiger charge is -2.23. The number of hydrogen-bond donors (Lipinski definition) is 1. The Kier molecular flexibility index (Phi) is 5.95. The molecular formula is C19H17Cl2F3N2O2. The van der Waals surface area contributed by atoms with Gasteiger partial charge in [-0.25, -0.2) is 0 Å². The summed E-state index contributed by atoms with van der Waals surface area (Å²) < 4.78 is 44.5. The molecule has 3 rings (SSSR count). The quantitative estimate of drug-likeness (QED) is 0.656. The Hall–Kier alpha value is -2.12. The Bertz CT molecular complexity index is 874. The largest absolute Gasteiger partial charge is 0.494 e. The second-order valence-corrected chi connectivity index (χ2v) is 7.17. The molecule has 4 nitrogen and oxygen atoms in total. The Balaban J connectivity index is 1.96. The number of methoxy groups -OCH3 is 1.